The molecular weight excluding hydrogens is 370 g/mol. The van der Waals surface area contributed by atoms with Gasteiger partial charge in [0.1, 0.15) is 10.6 Å². The number of rotatable bonds is 4. The highest BCUT2D eigenvalue weighted by molar-refractivity contribution is 9.10. The number of hydrogen-bond acceptors (Lipinski definition) is 4. The van der Waals surface area contributed by atoms with Crippen LogP contribution in [0.4, 0.5) is 5.69 Å². The molecule has 6 nitrogen and oxygen atoms in total. The van der Waals surface area contributed by atoms with Gasteiger partial charge in [0.05, 0.1) is 23.0 Å². The van der Waals surface area contributed by atoms with Gasteiger partial charge in [-0.25, -0.2) is 8.42 Å². The van der Waals surface area contributed by atoms with Gasteiger partial charge in [-0.2, -0.15) is 5.10 Å². The maximum Gasteiger partial charge on any atom is 0.265 e. The molecule has 0 saturated carbocycles. The Kier molecular flexibility index (Phi) is 4.38. The van der Waals surface area contributed by atoms with E-state index in [4.69, 9.17) is 16.7 Å². The number of anilines is 1. The number of aromatic nitrogens is 2. The van der Waals surface area contributed by atoms with E-state index >= 15 is 0 Å². The zero-order chi connectivity index (χ0) is 14.9. The summed E-state index contributed by atoms with van der Waals surface area (Å²) >= 11 is 9.07. The van der Waals surface area contributed by atoms with E-state index in [1.54, 1.807) is 25.1 Å². The van der Waals surface area contributed by atoms with Gasteiger partial charge in [0.15, 0.2) is 0 Å². The first kappa shape index (κ1) is 15.3. The zero-order valence-corrected chi connectivity index (χ0v) is 13.5. The van der Waals surface area contributed by atoms with Crippen LogP contribution in [-0.4, -0.2) is 23.7 Å². The fourth-order valence-corrected chi connectivity index (χ4v) is 3.60. The molecule has 0 aliphatic rings. The van der Waals surface area contributed by atoms with Crippen LogP contribution in [0.2, 0.25) is 5.02 Å². The van der Waals surface area contributed by atoms with E-state index in [-0.39, 0.29) is 10.6 Å². The van der Waals surface area contributed by atoms with Crippen molar-refractivity contribution in [2.24, 2.45) is 0 Å². The molecule has 0 spiro atoms. The molecule has 0 atom stereocenters. The molecule has 1 aromatic carbocycles. The second-order valence-electron chi connectivity index (χ2n) is 4.02. The second-order valence-corrected chi connectivity index (χ2v) is 6.90. The smallest absolute Gasteiger partial charge is 0.265 e. The summed E-state index contributed by atoms with van der Waals surface area (Å²) in [7, 11) is -3.84. The summed E-state index contributed by atoms with van der Waals surface area (Å²) in [4.78, 5) is -0.0499. The third-order valence-corrected chi connectivity index (χ3v) is 5.35. The predicted molar refractivity (Wildman–Crippen MR) is 79.2 cm³/mol. The van der Waals surface area contributed by atoms with Gasteiger partial charge in [-0.05, 0) is 41.1 Å². The van der Waals surface area contributed by atoms with Crippen LogP contribution in [0.1, 0.15) is 11.4 Å². The molecule has 0 amide bonds. The Morgan fingerprint density at radius 2 is 2.20 bits per heavy atom. The molecule has 2 aromatic rings. The third-order valence-electron chi connectivity index (χ3n) is 2.55. The second kappa shape index (κ2) is 5.72. The van der Waals surface area contributed by atoms with Gasteiger partial charge in [-0.15, -0.1) is 0 Å². The van der Waals surface area contributed by atoms with Gasteiger partial charge in [-0.3, -0.25) is 9.82 Å². The van der Waals surface area contributed by atoms with Crippen molar-refractivity contribution in [2.45, 2.75) is 18.4 Å². The zero-order valence-electron chi connectivity index (χ0n) is 10.3. The van der Waals surface area contributed by atoms with Crippen molar-refractivity contribution in [1.82, 2.24) is 10.2 Å². The largest absolute Gasteiger partial charge is 0.390 e. The number of nitrogens with one attached hydrogen (secondary N) is 2. The minimum atomic E-state index is -3.84. The third kappa shape index (κ3) is 2.98. The Morgan fingerprint density at radius 3 is 2.80 bits per heavy atom. The molecule has 108 valence electrons. The fraction of sp³-hybridized carbons (Fsp3) is 0.182. The van der Waals surface area contributed by atoms with E-state index in [1.165, 1.54) is 0 Å². The van der Waals surface area contributed by atoms with Gasteiger partial charge in [0.2, 0.25) is 0 Å². The molecule has 20 heavy (non-hydrogen) atoms. The van der Waals surface area contributed by atoms with E-state index in [9.17, 15) is 8.42 Å². The standard InChI is InChI=1S/C11H11BrClN3O3S/c1-6-11(10(5-17)15-14-6)20(18,19)16-7-2-3-9(13)8(12)4-7/h2-4,16-17H,5H2,1H3,(H,14,15). The maximum absolute atomic E-state index is 12.3. The van der Waals surface area contributed by atoms with Crippen molar-refractivity contribution in [3.63, 3.8) is 0 Å². The number of halogens is 2. The van der Waals surface area contributed by atoms with Crippen LogP contribution in [0.15, 0.2) is 27.6 Å². The molecule has 0 unspecified atom stereocenters. The highest BCUT2D eigenvalue weighted by Crippen LogP contribution is 2.28. The Morgan fingerprint density at radius 1 is 1.50 bits per heavy atom. The first-order valence-corrected chi connectivity index (χ1v) is 8.13. The SMILES string of the molecule is Cc1[nH]nc(CO)c1S(=O)(=O)Nc1ccc(Cl)c(Br)c1. The predicted octanol–water partition coefficient (Wildman–Crippen LogP) is 2.43. The van der Waals surface area contributed by atoms with E-state index < -0.39 is 16.6 Å². The Labute approximate surface area is 129 Å². The van der Waals surface area contributed by atoms with Crippen LogP contribution < -0.4 is 4.72 Å². The summed E-state index contributed by atoms with van der Waals surface area (Å²) in [6, 6.07) is 4.66. The lowest BCUT2D eigenvalue weighted by Gasteiger charge is -2.09. The lowest BCUT2D eigenvalue weighted by atomic mass is 10.3. The lowest BCUT2D eigenvalue weighted by molar-refractivity contribution is 0.273. The Bertz CT molecular complexity index is 745. The number of hydrogen-bond donors (Lipinski definition) is 3. The van der Waals surface area contributed by atoms with Crippen molar-refractivity contribution in [3.05, 3.63) is 39.1 Å². The summed E-state index contributed by atoms with van der Waals surface area (Å²) in [5, 5.41) is 15.9. The van der Waals surface area contributed by atoms with E-state index in [0.29, 0.717) is 20.9 Å². The topological polar surface area (TPSA) is 95.1 Å². The van der Waals surface area contributed by atoms with E-state index in [0.717, 1.165) is 0 Å². The summed E-state index contributed by atoms with van der Waals surface area (Å²) in [5.41, 5.74) is 0.781. The van der Waals surface area contributed by atoms with Crippen LogP contribution >= 0.6 is 27.5 Å². The van der Waals surface area contributed by atoms with E-state index in [2.05, 4.69) is 30.8 Å². The van der Waals surface area contributed by atoms with Crippen LogP contribution in [0.3, 0.4) is 0 Å². The van der Waals surface area contributed by atoms with Crippen molar-refractivity contribution >= 4 is 43.2 Å². The van der Waals surface area contributed by atoms with Crippen molar-refractivity contribution in [2.75, 3.05) is 4.72 Å². The number of H-pyrrole nitrogens is 1. The molecule has 3 N–H and O–H groups in total. The average Bonchev–Trinajstić information content (AvgIpc) is 2.75. The number of aliphatic hydroxyl groups is 1. The number of aliphatic hydroxyl groups excluding tert-OH is 1. The number of benzene rings is 1. The summed E-state index contributed by atoms with van der Waals surface area (Å²) in [6.07, 6.45) is 0. The average molecular weight is 381 g/mol. The quantitative estimate of drug-likeness (QED) is 0.759. The highest BCUT2D eigenvalue weighted by atomic mass is 79.9. The lowest BCUT2D eigenvalue weighted by Crippen LogP contribution is -2.15. The normalized spacial score (nSPS) is 11.6. The minimum Gasteiger partial charge on any atom is -0.390 e. The molecule has 0 saturated heterocycles. The van der Waals surface area contributed by atoms with Gasteiger partial charge >= 0.3 is 0 Å². The van der Waals surface area contributed by atoms with Gasteiger partial charge in [-0.1, -0.05) is 11.6 Å². The molecule has 0 aliphatic carbocycles. The van der Waals surface area contributed by atoms with Gasteiger partial charge < -0.3 is 5.11 Å². The number of nitrogens with zero attached hydrogens (tertiary/aromatic N) is 1. The molecule has 0 radical (unpaired) electrons. The first-order chi connectivity index (χ1) is 9.35. The van der Waals surface area contributed by atoms with Crippen LogP contribution in [0, 0.1) is 6.92 Å². The highest BCUT2D eigenvalue weighted by Gasteiger charge is 2.24. The van der Waals surface area contributed by atoms with E-state index in [1.807, 2.05) is 0 Å². The molecule has 0 fully saturated rings. The summed E-state index contributed by atoms with van der Waals surface area (Å²) in [6.45, 7) is 1.10. The number of sulfonamides is 1. The molecule has 1 aromatic heterocycles. The minimum absolute atomic E-state index is 0.0499. The summed E-state index contributed by atoms with van der Waals surface area (Å²) < 4.78 is 27.6. The fourth-order valence-electron chi connectivity index (χ4n) is 1.70. The number of aryl methyl sites for hydroxylation is 1. The first-order valence-electron chi connectivity index (χ1n) is 5.47. The Balaban J connectivity index is 2.40. The maximum atomic E-state index is 12.3. The van der Waals surface area contributed by atoms with Crippen LogP contribution in [0.25, 0.3) is 0 Å². The van der Waals surface area contributed by atoms with Crippen molar-refractivity contribution < 1.29 is 13.5 Å². The van der Waals surface area contributed by atoms with Crippen molar-refractivity contribution in [1.29, 1.82) is 0 Å². The summed E-state index contributed by atoms with van der Waals surface area (Å²) in [5.74, 6) is 0. The van der Waals surface area contributed by atoms with Crippen LogP contribution in [-0.2, 0) is 16.6 Å². The number of aromatic amines is 1. The molecular formula is C11H11BrClN3O3S. The molecule has 2 rings (SSSR count). The molecule has 0 aliphatic heterocycles. The van der Waals surface area contributed by atoms with Gasteiger partial charge in [0, 0.05) is 4.47 Å². The van der Waals surface area contributed by atoms with Crippen molar-refractivity contribution in [3.8, 4) is 0 Å². The molecule has 9 heteroatoms. The monoisotopic (exact) mass is 379 g/mol. The molecule has 0 bridgehead atoms. The Hall–Kier alpha value is -1.09. The molecule has 1 heterocycles. The van der Waals surface area contributed by atoms with Gasteiger partial charge in [0.25, 0.3) is 10.0 Å². The van der Waals surface area contributed by atoms with Crippen LogP contribution in [0.5, 0.6) is 0 Å².